The Hall–Kier alpha value is -1.11. The molecule has 0 saturated carbocycles. The van der Waals surface area contributed by atoms with Gasteiger partial charge in [0.05, 0.1) is 0 Å². The third kappa shape index (κ3) is 7.69. The number of fused-ring (bicyclic) bond motifs is 3. The summed E-state index contributed by atoms with van der Waals surface area (Å²) < 4.78 is 0. The van der Waals surface area contributed by atoms with Crippen LogP contribution in [-0.2, 0) is 34.2 Å². The number of hydrogen-bond donors (Lipinski definition) is 0. The van der Waals surface area contributed by atoms with Crippen molar-refractivity contribution in [2.45, 2.75) is 90.1 Å². The number of rotatable bonds is 0. The second-order valence-electron chi connectivity index (χ2n) is 11.4. The Kier molecular flexibility index (Phi) is 9.27. The van der Waals surface area contributed by atoms with E-state index in [1.54, 1.807) is 24.9 Å². The third-order valence-electron chi connectivity index (χ3n) is 6.48. The van der Waals surface area contributed by atoms with Gasteiger partial charge < -0.3 is 0 Å². The van der Waals surface area contributed by atoms with Crippen LogP contribution < -0.4 is 0 Å². The maximum atomic E-state index is 2.99. The molecule has 1 heterocycles. The van der Waals surface area contributed by atoms with Gasteiger partial charge in [-0.2, -0.15) is 6.08 Å². The topological polar surface area (TPSA) is 0 Å². The van der Waals surface area contributed by atoms with Crippen LogP contribution in [0.1, 0.15) is 78.4 Å². The van der Waals surface area contributed by atoms with Crippen LogP contribution in [0, 0.1) is 6.08 Å². The summed E-state index contributed by atoms with van der Waals surface area (Å²) in [5.74, 6) is 0. The Balaban J connectivity index is 0.000000207. The van der Waals surface area contributed by atoms with E-state index in [4.69, 9.17) is 0 Å². The number of hydrogen-bond acceptors (Lipinski definition) is 0. The molecule has 2 heteroatoms. The van der Waals surface area contributed by atoms with E-state index in [9.17, 15) is 0 Å². The fraction of sp³-hybridized carbons (Fsp3) is 0.452. The molecule has 5 rings (SSSR count). The average Bonchev–Trinajstić information content (AvgIpc) is 3.44. The molecule has 0 bridgehead atoms. The molecule has 3 aromatic rings. The first-order valence-electron chi connectivity index (χ1n) is 12.5. The molecule has 0 unspecified atom stereocenters. The predicted octanol–water partition coefficient (Wildman–Crippen LogP) is 9.32. The predicted molar refractivity (Wildman–Crippen MR) is 145 cm³/mol. The Labute approximate surface area is 217 Å². The molecule has 33 heavy (non-hydrogen) atoms. The fourth-order valence-corrected chi connectivity index (χ4v) is 8.46. The SMILES string of the molecule is CC(C)(C)c1ccc2[cH-]c3ccc(C(C)(C)C)cc3c2c1.[C-]1=CC=CC1.[Zr+2]=[Si]1CCCCC1. The van der Waals surface area contributed by atoms with Crippen molar-refractivity contribution in [3.8, 4) is 0 Å². The molecule has 1 saturated heterocycles. The van der Waals surface area contributed by atoms with Gasteiger partial charge in [0.1, 0.15) is 0 Å². The van der Waals surface area contributed by atoms with Crippen molar-refractivity contribution in [3.05, 3.63) is 77.9 Å². The second kappa shape index (κ2) is 11.5. The molecule has 0 amide bonds. The number of allylic oxidation sites excluding steroid dienone is 4. The molecule has 0 atom stereocenters. The van der Waals surface area contributed by atoms with E-state index in [1.807, 2.05) is 35.5 Å². The quantitative estimate of drug-likeness (QED) is 0.200. The van der Waals surface area contributed by atoms with Gasteiger partial charge in [-0.25, -0.2) is 12.2 Å². The van der Waals surface area contributed by atoms with Crippen molar-refractivity contribution in [3.63, 3.8) is 0 Å². The molecule has 1 aliphatic carbocycles. The van der Waals surface area contributed by atoms with Crippen LogP contribution in [0.5, 0.6) is 0 Å². The second-order valence-corrected chi connectivity index (χ2v) is 18.8. The van der Waals surface area contributed by atoms with Crippen molar-refractivity contribution in [1.29, 1.82) is 0 Å². The minimum atomic E-state index is 0.194. The van der Waals surface area contributed by atoms with E-state index in [2.05, 4.69) is 96.2 Å². The molecular weight excluding hydrogens is 492 g/mol. The standard InChI is InChI=1S/C21H25.C5H10Si.C5H5.Zr/c1-20(2,3)16-9-7-14-11-15-8-10-17(21(4,5)6)13-19(15)18(14)12-16;1-2-4-6-5-3-1;1-2-4-5-3-1;/h7-13H,1-6H3;1-5H2;1-3H,4H2;/q-1;;-1;+2. The van der Waals surface area contributed by atoms with Crippen molar-refractivity contribution < 1.29 is 23.3 Å². The Morgan fingerprint density at radius 1 is 0.788 bits per heavy atom. The summed E-state index contributed by atoms with van der Waals surface area (Å²) in [5.41, 5.74) is 3.50. The van der Waals surface area contributed by atoms with Gasteiger partial charge in [0, 0.05) is 0 Å². The first-order chi connectivity index (χ1) is 15.6. The van der Waals surface area contributed by atoms with E-state index < -0.39 is 0 Å². The van der Waals surface area contributed by atoms with Crippen LogP contribution in [0.15, 0.2) is 60.7 Å². The van der Waals surface area contributed by atoms with Crippen LogP contribution in [0.25, 0.3) is 21.5 Å². The monoisotopic (exact) mass is 530 g/mol. The van der Waals surface area contributed by atoms with E-state index in [0.717, 1.165) is 6.42 Å². The van der Waals surface area contributed by atoms with Gasteiger partial charge in [0.15, 0.2) is 0 Å². The molecule has 0 spiro atoms. The minimum absolute atomic E-state index is 0.194. The van der Waals surface area contributed by atoms with E-state index >= 15 is 0 Å². The first kappa shape index (κ1) is 26.5. The molecule has 0 aromatic heterocycles. The van der Waals surface area contributed by atoms with Crippen LogP contribution in [0.4, 0.5) is 0 Å². The summed E-state index contributed by atoms with van der Waals surface area (Å²) >= 11 is 1.87. The van der Waals surface area contributed by atoms with Gasteiger partial charge in [-0.3, -0.25) is 6.08 Å². The molecular formula is C31H40SiZr. The molecule has 0 nitrogen and oxygen atoms in total. The first-order valence-corrected chi connectivity index (χ1v) is 18.1. The Morgan fingerprint density at radius 2 is 1.30 bits per heavy atom. The molecule has 0 radical (unpaired) electrons. The summed E-state index contributed by atoms with van der Waals surface area (Å²) in [6.07, 6.45) is 14.6. The van der Waals surface area contributed by atoms with E-state index in [1.165, 1.54) is 39.1 Å². The van der Waals surface area contributed by atoms with Gasteiger partial charge >= 0.3 is 60.1 Å². The van der Waals surface area contributed by atoms with E-state index in [-0.39, 0.29) is 10.8 Å². The Morgan fingerprint density at radius 3 is 1.61 bits per heavy atom. The van der Waals surface area contributed by atoms with Crippen molar-refractivity contribution in [2.75, 3.05) is 0 Å². The molecule has 1 fully saturated rings. The summed E-state index contributed by atoms with van der Waals surface area (Å²) in [7, 11) is 0. The van der Waals surface area contributed by atoms with Gasteiger partial charge in [0.2, 0.25) is 0 Å². The van der Waals surface area contributed by atoms with Gasteiger partial charge in [-0.1, -0.05) is 76.9 Å². The van der Waals surface area contributed by atoms with Crippen LogP contribution in [-0.4, -0.2) is 5.43 Å². The third-order valence-corrected chi connectivity index (χ3v) is 12.1. The fourth-order valence-electron chi connectivity index (χ4n) is 4.25. The van der Waals surface area contributed by atoms with Crippen molar-refractivity contribution in [1.82, 2.24) is 0 Å². The number of benzene rings is 2. The van der Waals surface area contributed by atoms with Crippen molar-refractivity contribution in [2.24, 2.45) is 0 Å². The molecule has 172 valence electrons. The molecule has 1 aliphatic heterocycles. The van der Waals surface area contributed by atoms with Gasteiger partial charge in [-0.15, -0.1) is 46.2 Å². The normalized spacial score (nSPS) is 15.9. The zero-order valence-corrected chi connectivity index (χ0v) is 25.0. The maximum absolute atomic E-state index is 2.99. The van der Waals surface area contributed by atoms with E-state index in [0.29, 0.717) is 5.43 Å². The van der Waals surface area contributed by atoms with Crippen molar-refractivity contribution >= 4 is 27.0 Å². The summed E-state index contributed by atoms with van der Waals surface area (Å²) in [4.78, 5) is 0. The average molecular weight is 532 g/mol. The van der Waals surface area contributed by atoms with Crippen LogP contribution in [0.2, 0.25) is 12.1 Å². The summed E-state index contributed by atoms with van der Waals surface area (Å²) in [6, 6.07) is 19.4. The Bertz CT molecular complexity index is 1060. The summed E-state index contributed by atoms with van der Waals surface area (Å²) in [5, 5.41) is 5.49. The molecule has 0 N–H and O–H groups in total. The van der Waals surface area contributed by atoms with Crippen LogP contribution >= 0.6 is 0 Å². The zero-order chi connectivity index (χ0) is 24.1. The van der Waals surface area contributed by atoms with Gasteiger partial charge in [-0.05, 0) is 10.8 Å². The molecule has 2 aliphatic rings. The van der Waals surface area contributed by atoms with Gasteiger partial charge in [0.25, 0.3) is 0 Å². The van der Waals surface area contributed by atoms with Crippen LogP contribution in [0.3, 0.4) is 0 Å². The zero-order valence-electron chi connectivity index (χ0n) is 21.5. The summed E-state index contributed by atoms with van der Waals surface area (Å²) in [6.45, 7) is 13.7. The molecule has 3 aromatic carbocycles.